The SMILES string of the molecule is CC(C)COCCOc1ccc(CCN)cc1. The van der Waals surface area contributed by atoms with Crippen molar-refractivity contribution in [3.05, 3.63) is 29.8 Å². The third kappa shape index (κ3) is 6.29. The molecule has 0 bridgehead atoms. The fraction of sp³-hybridized carbons (Fsp3) is 0.571. The number of benzene rings is 1. The Hall–Kier alpha value is -1.06. The largest absolute Gasteiger partial charge is 0.491 e. The smallest absolute Gasteiger partial charge is 0.119 e. The number of ether oxygens (including phenoxy) is 2. The van der Waals surface area contributed by atoms with E-state index in [1.807, 2.05) is 12.1 Å². The van der Waals surface area contributed by atoms with Gasteiger partial charge in [0.05, 0.1) is 6.61 Å². The van der Waals surface area contributed by atoms with Gasteiger partial charge in [0.15, 0.2) is 0 Å². The zero-order valence-corrected chi connectivity index (χ0v) is 10.8. The Bertz CT molecular complexity index is 296. The molecule has 0 radical (unpaired) electrons. The van der Waals surface area contributed by atoms with Crippen LogP contribution in [0, 0.1) is 5.92 Å². The van der Waals surface area contributed by atoms with Gasteiger partial charge in [0.25, 0.3) is 0 Å². The standard InChI is InChI=1S/C14H23NO2/c1-12(2)11-16-9-10-17-14-5-3-13(4-6-14)7-8-15/h3-6,12H,7-11,15H2,1-2H3. The zero-order chi connectivity index (χ0) is 12.5. The van der Waals surface area contributed by atoms with E-state index in [4.69, 9.17) is 15.2 Å². The fourth-order valence-corrected chi connectivity index (χ4v) is 1.46. The molecule has 0 aliphatic carbocycles. The van der Waals surface area contributed by atoms with E-state index < -0.39 is 0 Å². The van der Waals surface area contributed by atoms with E-state index in [1.165, 1.54) is 5.56 Å². The van der Waals surface area contributed by atoms with Gasteiger partial charge in [-0.1, -0.05) is 26.0 Å². The summed E-state index contributed by atoms with van der Waals surface area (Å²) in [5, 5.41) is 0. The minimum absolute atomic E-state index is 0.575. The van der Waals surface area contributed by atoms with Crippen LogP contribution in [0.25, 0.3) is 0 Å². The van der Waals surface area contributed by atoms with Crippen molar-refractivity contribution >= 4 is 0 Å². The van der Waals surface area contributed by atoms with Crippen LogP contribution >= 0.6 is 0 Å². The third-order valence-corrected chi connectivity index (χ3v) is 2.30. The summed E-state index contributed by atoms with van der Waals surface area (Å²) in [4.78, 5) is 0. The Morgan fingerprint density at radius 1 is 1.12 bits per heavy atom. The highest BCUT2D eigenvalue weighted by molar-refractivity contribution is 5.27. The average molecular weight is 237 g/mol. The van der Waals surface area contributed by atoms with Crippen LogP contribution in [0.1, 0.15) is 19.4 Å². The predicted octanol–water partition coefficient (Wildman–Crippen LogP) is 2.24. The van der Waals surface area contributed by atoms with E-state index >= 15 is 0 Å². The van der Waals surface area contributed by atoms with E-state index in [1.54, 1.807) is 0 Å². The van der Waals surface area contributed by atoms with Crippen molar-refractivity contribution in [2.75, 3.05) is 26.4 Å². The van der Waals surface area contributed by atoms with Crippen LogP contribution in [0.5, 0.6) is 5.75 Å². The van der Waals surface area contributed by atoms with E-state index in [0.717, 1.165) is 18.8 Å². The van der Waals surface area contributed by atoms with E-state index in [0.29, 0.717) is 25.7 Å². The van der Waals surface area contributed by atoms with Crippen LogP contribution in [0.3, 0.4) is 0 Å². The fourth-order valence-electron chi connectivity index (χ4n) is 1.46. The van der Waals surface area contributed by atoms with Gasteiger partial charge in [0, 0.05) is 6.61 Å². The number of hydrogen-bond acceptors (Lipinski definition) is 3. The van der Waals surface area contributed by atoms with Gasteiger partial charge in [-0.15, -0.1) is 0 Å². The Balaban J connectivity index is 2.18. The number of rotatable bonds is 8. The molecule has 0 amide bonds. The molecule has 0 aromatic heterocycles. The molecule has 3 heteroatoms. The third-order valence-electron chi connectivity index (χ3n) is 2.30. The molecule has 0 atom stereocenters. The topological polar surface area (TPSA) is 44.5 Å². The summed E-state index contributed by atoms with van der Waals surface area (Å²) < 4.78 is 11.0. The maximum absolute atomic E-state index is 5.56. The molecule has 0 aliphatic rings. The van der Waals surface area contributed by atoms with Crippen molar-refractivity contribution in [2.45, 2.75) is 20.3 Å². The lowest BCUT2D eigenvalue weighted by Gasteiger charge is -2.09. The lowest BCUT2D eigenvalue weighted by atomic mass is 10.1. The summed E-state index contributed by atoms with van der Waals surface area (Å²) in [6.45, 7) is 6.99. The molecule has 0 fully saturated rings. The quantitative estimate of drug-likeness (QED) is 0.705. The van der Waals surface area contributed by atoms with Gasteiger partial charge in [0.2, 0.25) is 0 Å². The molecule has 0 saturated heterocycles. The van der Waals surface area contributed by atoms with E-state index in [2.05, 4.69) is 26.0 Å². The molecule has 1 rings (SSSR count). The van der Waals surface area contributed by atoms with Gasteiger partial charge in [-0.05, 0) is 36.6 Å². The first kappa shape index (κ1) is 14.0. The second-order valence-corrected chi connectivity index (χ2v) is 4.50. The molecule has 1 aromatic carbocycles. The van der Waals surface area contributed by atoms with Gasteiger partial charge >= 0.3 is 0 Å². The van der Waals surface area contributed by atoms with E-state index in [9.17, 15) is 0 Å². The van der Waals surface area contributed by atoms with Gasteiger partial charge in [-0.2, -0.15) is 0 Å². The summed E-state index contributed by atoms with van der Waals surface area (Å²) >= 11 is 0. The Morgan fingerprint density at radius 3 is 2.41 bits per heavy atom. The van der Waals surface area contributed by atoms with Crippen molar-refractivity contribution in [3.8, 4) is 5.75 Å². The first-order chi connectivity index (χ1) is 8.22. The number of nitrogens with two attached hydrogens (primary N) is 1. The Kier molecular flexibility index (Phi) is 6.67. The average Bonchev–Trinajstić information content (AvgIpc) is 2.31. The van der Waals surface area contributed by atoms with Crippen molar-refractivity contribution in [1.29, 1.82) is 0 Å². The number of hydrogen-bond donors (Lipinski definition) is 1. The van der Waals surface area contributed by atoms with Crippen LogP contribution in [-0.4, -0.2) is 26.4 Å². The normalized spacial score (nSPS) is 10.8. The zero-order valence-electron chi connectivity index (χ0n) is 10.8. The van der Waals surface area contributed by atoms with Crippen molar-refractivity contribution in [2.24, 2.45) is 11.7 Å². The summed E-state index contributed by atoms with van der Waals surface area (Å²) in [7, 11) is 0. The van der Waals surface area contributed by atoms with Crippen LogP contribution in [-0.2, 0) is 11.2 Å². The molecule has 96 valence electrons. The van der Waals surface area contributed by atoms with Crippen LogP contribution in [0.15, 0.2) is 24.3 Å². The lowest BCUT2D eigenvalue weighted by molar-refractivity contribution is 0.0819. The summed E-state index contributed by atoms with van der Waals surface area (Å²) in [6.07, 6.45) is 0.914. The van der Waals surface area contributed by atoms with Gasteiger partial charge in [0.1, 0.15) is 12.4 Å². The molecule has 0 spiro atoms. The van der Waals surface area contributed by atoms with Crippen molar-refractivity contribution < 1.29 is 9.47 Å². The van der Waals surface area contributed by atoms with Gasteiger partial charge in [-0.25, -0.2) is 0 Å². The second kappa shape index (κ2) is 8.09. The first-order valence-corrected chi connectivity index (χ1v) is 6.22. The Labute approximate surface area is 104 Å². The maximum atomic E-state index is 5.56. The summed E-state index contributed by atoms with van der Waals surface area (Å²) in [5.41, 5.74) is 6.73. The van der Waals surface area contributed by atoms with Crippen LogP contribution < -0.4 is 10.5 Å². The highest BCUT2D eigenvalue weighted by Crippen LogP contribution is 2.12. The molecule has 2 N–H and O–H groups in total. The molecular formula is C14H23NO2. The highest BCUT2D eigenvalue weighted by Gasteiger charge is 1.96. The highest BCUT2D eigenvalue weighted by atomic mass is 16.5. The molecule has 0 unspecified atom stereocenters. The molecule has 3 nitrogen and oxygen atoms in total. The molecule has 0 saturated carbocycles. The molecule has 17 heavy (non-hydrogen) atoms. The Morgan fingerprint density at radius 2 is 1.82 bits per heavy atom. The maximum Gasteiger partial charge on any atom is 0.119 e. The second-order valence-electron chi connectivity index (χ2n) is 4.50. The van der Waals surface area contributed by atoms with Crippen molar-refractivity contribution in [3.63, 3.8) is 0 Å². The van der Waals surface area contributed by atoms with Crippen LogP contribution in [0.2, 0.25) is 0 Å². The molecular weight excluding hydrogens is 214 g/mol. The minimum Gasteiger partial charge on any atom is -0.491 e. The monoisotopic (exact) mass is 237 g/mol. The van der Waals surface area contributed by atoms with E-state index in [-0.39, 0.29) is 0 Å². The molecule has 1 aromatic rings. The van der Waals surface area contributed by atoms with Gasteiger partial charge in [-0.3, -0.25) is 0 Å². The van der Waals surface area contributed by atoms with Gasteiger partial charge < -0.3 is 15.2 Å². The van der Waals surface area contributed by atoms with Crippen LogP contribution in [0.4, 0.5) is 0 Å². The minimum atomic E-state index is 0.575. The first-order valence-electron chi connectivity index (χ1n) is 6.22. The predicted molar refractivity (Wildman–Crippen MR) is 70.4 cm³/mol. The summed E-state index contributed by atoms with van der Waals surface area (Å²) in [6, 6.07) is 8.06. The summed E-state index contributed by atoms with van der Waals surface area (Å²) in [5.74, 6) is 1.46. The lowest BCUT2D eigenvalue weighted by Crippen LogP contribution is -2.10. The van der Waals surface area contributed by atoms with Crippen molar-refractivity contribution in [1.82, 2.24) is 0 Å². The molecule has 0 heterocycles. The molecule has 0 aliphatic heterocycles.